The first-order chi connectivity index (χ1) is 15.7. The number of fused-ring (bicyclic) bond motifs is 1. The number of halogens is 1. The molecule has 0 saturated carbocycles. The summed E-state index contributed by atoms with van der Waals surface area (Å²) in [5.74, 6) is 2.42. The molecule has 166 valence electrons. The molecule has 3 aromatic carbocycles. The molecule has 0 N–H and O–H groups in total. The van der Waals surface area contributed by atoms with E-state index in [9.17, 15) is 4.39 Å². The first kappa shape index (κ1) is 20.8. The van der Waals surface area contributed by atoms with Gasteiger partial charge in [-0.2, -0.15) is 5.06 Å². The third-order valence-electron chi connectivity index (χ3n) is 6.06. The summed E-state index contributed by atoms with van der Waals surface area (Å²) in [6.07, 6.45) is 0.912. The SMILES string of the molecule is Fc1ccc([C@H]2CCN(OCc3ccccc3)C[C@@H]2COc2ccc3c(c2)OCO3)cc1. The minimum absolute atomic E-state index is 0.190. The minimum Gasteiger partial charge on any atom is -0.493 e. The highest BCUT2D eigenvalue weighted by Gasteiger charge is 2.32. The summed E-state index contributed by atoms with van der Waals surface area (Å²) in [7, 11) is 0. The molecule has 0 aliphatic carbocycles. The molecule has 1 saturated heterocycles. The lowest BCUT2D eigenvalue weighted by molar-refractivity contribution is -0.192. The summed E-state index contributed by atoms with van der Waals surface area (Å²) in [4.78, 5) is 6.10. The largest absolute Gasteiger partial charge is 0.493 e. The smallest absolute Gasteiger partial charge is 0.231 e. The maximum absolute atomic E-state index is 13.5. The maximum Gasteiger partial charge on any atom is 0.231 e. The summed E-state index contributed by atoms with van der Waals surface area (Å²) in [5.41, 5.74) is 2.27. The lowest BCUT2D eigenvalue weighted by Gasteiger charge is -2.38. The van der Waals surface area contributed by atoms with Crippen LogP contribution < -0.4 is 14.2 Å². The molecule has 5 rings (SSSR count). The van der Waals surface area contributed by atoms with E-state index in [1.807, 2.05) is 53.6 Å². The zero-order chi connectivity index (χ0) is 21.8. The number of nitrogens with zero attached hydrogens (tertiary/aromatic N) is 1. The summed E-state index contributed by atoms with van der Waals surface area (Å²) in [6, 6.07) is 22.6. The van der Waals surface area contributed by atoms with Gasteiger partial charge in [0.15, 0.2) is 11.5 Å². The van der Waals surface area contributed by atoms with Gasteiger partial charge in [-0.25, -0.2) is 4.39 Å². The van der Waals surface area contributed by atoms with E-state index in [1.165, 1.54) is 12.1 Å². The average molecular weight is 435 g/mol. The van der Waals surface area contributed by atoms with E-state index in [0.717, 1.165) is 42.1 Å². The number of hydrogen-bond acceptors (Lipinski definition) is 5. The van der Waals surface area contributed by atoms with Crippen molar-refractivity contribution in [3.05, 3.63) is 89.7 Å². The quantitative estimate of drug-likeness (QED) is 0.512. The molecule has 2 aliphatic rings. The molecule has 0 unspecified atom stereocenters. The number of hydroxylamine groups is 2. The van der Waals surface area contributed by atoms with Gasteiger partial charge < -0.3 is 14.2 Å². The van der Waals surface area contributed by atoms with Crippen LogP contribution in [0.5, 0.6) is 17.2 Å². The van der Waals surface area contributed by atoms with E-state index in [1.54, 1.807) is 0 Å². The van der Waals surface area contributed by atoms with E-state index in [2.05, 4.69) is 12.1 Å². The molecule has 0 amide bonds. The van der Waals surface area contributed by atoms with Crippen molar-refractivity contribution in [3.63, 3.8) is 0 Å². The van der Waals surface area contributed by atoms with Gasteiger partial charge in [-0.05, 0) is 47.7 Å². The number of hydrogen-bond donors (Lipinski definition) is 0. The third kappa shape index (κ3) is 4.87. The molecule has 2 heterocycles. The predicted molar refractivity (Wildman–Crippen MR) is 118 cm³/mol. The van der Waals surface area contributed by atoms with Crippen LogP contribution in [0.25, 0.3) is 0 Å². The fourth-order valence-corrected chi connectivity index (χ4v) is 4.34. The van der Waals surface area contributed by atoms with Crippen LogP contribution in [0.3, 0.4) is 0 Å². The van der Waals surface area contributed by atoms with Crippen molar-refractivity contribution < 1.29 is 23.4 Å². The molecule has 1 fully saturated rings. The van der Waals surface area contributed by atoms with Gasteiger partial charge in [0.25, 0.3) is 0 Å². The van der Waals surface area contributed by atoms with Gasteiger partial charge in [-0.3, -0.25) is 4.84 Å². The Kier molecular flexibility index (Phi) is 6.23. The first-order valence-electron chi connectivity index (χ1n) is 10.9. The molecule has 0 spiro atoms. The van der Waals surface area contributed by atoms with Gasteiger partial charge in [0, 0.05) is 25.1 Å². The van der Waals surface area contributed by atoms with Gasteiger partial charge in [-0.15, -0.1) is 0 Å². The first-order valence-corrected chi connectivity index (χ1v) is 10.9. The number of ether oxygens (including phenoxy) is 3. The van der Waals surface area contributed by atoms with Crippen molar-refractivity contribution in [1.29, 1.82) is 0 Å². The Morgan fingerprint density at radius 2 is 1.75 bits per heavy atom. The Morgan fingerprint density at radius 1 is 0.938 bits per heavy atom. The summed E-state index contributed by atoms with van der Waals surface area (Å²) in [6.45, 7) is 2.85. The molecule has 5 nitrogen and oxygen atoms in total. The van der Waals surface area contributed by atoms with Crippen LogP contribution in [0.4, 0.5) is 4.39 Å². The molecule has 0 aromatic heterocycles. The Morgan fingerprint density at radius 3 is 2.59 bits per heavy atom. The molecular formula is C26H26FNO4. The highest BCUT2D eigenvalue weighted by atomic mass is 19.1. The van der Waals surface area contributed by atoms with Crippen LogP contribution in [0.1, 0.15) is 23.5 Å². The lowest BCUT2D eigenvalue weighted by atomic mass is 9.81. The van der Waals surface area contributed by atoms with Gasteiger partial charge in [-0.1, -0.05) is 42.5 Å². The molecule has 0 bridgehead atoms. The monoisotopic (exact) mass is 435 g/mol. The molecule has 32 heavy (non-hydrogen) atoms. The van der Waals surface area contributed by atoms with E-state index >= 15 is 0 Å². The molecule has 0 radical (unpaired) electrons. The number of rotatable bonds is 7. The van der Waals surface area contributed by atoms with Gasteiger partial charge >= 0.3 is 0 Å². The van der Waals surface area contributed by atoms with Gasteiger partial charge in [0.1, 0.15) is 11.6 Å². The van der Waals surface area contributed by atoms with Crippen LogP contribution in [0.2, 0.25) is 0 Å². The Hall–Kier alpha value is -3.09. The van der Waals surface area contributed by atoms with E-state index in [4.69, 9.17) is 19.0 Å². The van der Waals surface area contributed by atoms with Crippen LogP contribution in [-0.4, -0.2) is 31.6 Å². The van der Waals surface area contributed by atoms with E-state index in [0.29, 0.717) is 19.0 Å². The van der Waals surface area contributed by atoms with Gasteiger partial charge in [0.2, 0.25) is 6.79 Å². The second-order valence-corrected chi connectivity index (χ2v) is 8.18. The highest BCUT2D eigenvalue weighted by molar-refractivity contribution is 5.46. The highest BCUT2D eigenvalue weighted by Crippen LogP contribution is 2.37. The summed E-state index contributed by atoms with van der Waals surface area (Å²) < 4.78 is 30.5. The summed E-state index contributed by atoms with van der Waals surface area (Å²) >= 11 is 0. The van der Waals surface area contributed by atoms with Crippen molar-refractivity contribution in [2.75, 3.05) is 26.5 Å². The van der Waals surface area contributed by atoms with Crippen molar-refractivity contribution in [2.24, 2.45) is 5.92 Å². The minimum atomic E-state index is -0.217. The summed E-state index contributed by atoms with van der Waals surface area (Å²) in [5, 5.41) is 2.03. The Labute approximate surface area is 187 Å². The topological polar surface area (TPSA) is 40.2 Å². The van der Waals surface area contributed by atoms with Crippen molar-refractivity contribution >= 4 is 0 Å². The van der Waals surface area contributed by atoms with Crippen LogP contribution in [-0.2, 0) is 11.4 Å². The second-order valence-electron chi connectivity index (χ2n) is 8.18. The molecule has 6 heteroatoms. The van der Waals surface area contributed by atoms with Crippen LogP contribution >= 0.6 is 0 Å². The Bertz CT molecular complexity index is 1030. The standard InChI is InChI=1S/C26H26FNO4/c27-22-8-6-20(7-9-22)24-12-13-28(32-16-19-4-2-1-3-5-19)15-21(24)17-29-23-10-11-25-26(14-23)31-18-30-25/h1-11,14,21,24H,12-13,15-18H2/t21-,24-/m1/s1. The van der Waals surface area contributed by atoms with Gasteiger partial charge in [0.05, 0.1) is 13.2 Å². The van der Waals surface area contributed by atoms with E-state index in [-0.39, 0.29) is 24.4 Å². The van der Waals surface area contributed by atoms with Crippen LogP contribution in [0.15, 0.2) is 72.8 Å². The molecule has 2 atom stereocenters. The third-order valence-corrected chi connectivity index (χ3v) is 6.06. The lowest BCUT2D eigenvalue weighted by Crippen LogP contribution is -2.41. The zero-order valence-electron chi connectivity index (χ0n) is 17.8. The van der Waals surface area contributed by atoms with Crippen LogP contribution in [0, 0.1) is 11.7 Å². The average Bonchev–Trinajstić information content (AvgIpc) is 3.31. The molecule has 3 aromatic rings. The molecule has 2 aliphatic heterocycles. The van der Waals surface area contributed by atoms with E-state index < -0.39 is 0 Å². The normalized spacial score (nSPS) is 20.3. The number of piperidine rings is 1. The fraction of sp³-hybridized carbons (Fsp3) is 0.308. The van der Waals surface area contributed by atoms with Crippen molar-refractivity contribution in [2.45, 2.75) is 18.9 Å². The Balaban J connectivity index is 1.27. The van der Waals surface area contributed by atoms with Crippen molar-refractivity contribution in [1.82, 2.24) is 5.06 Å². The zero-order valence-corrected chi connectivity index (χ0v) is 17.8. The molecular weight excluding hydrogens is 409 g/mol. The maximum atomic E-state index is 13.5. The van der Waals surface area contributed by atoms with Crippen molar-refractivity contribution in [3.8, 4) is 17.2 Å². The predicted octanol–water partition coefficient (Wildman–Crippen LogP) is 5.17. The number of benzene rings is 3. The fourth-order valence-electron chi connectivity index (χ4n) is 4.34. The second kappa shape index (κ2) is 9.59.